The molecule has 0 aliphatic carbocycles. The predicted molar refractivity (Wildman–Crippen MR) is 72.1 cm³/mol. The molecule has 0 fully saturated rings. The van der Waals surface area contributed by atoms with Gasteiger partial charge in [0.05, 0.1) is 22.2 Å². The van der Waals surface area contributed by atoms with Crippen LogP contribution >= 0.6 is 0 Å². The molecule has 0 saturated heterocycles. The number of anilines is 1. The number of nitrogens with two attached hydrogens (primary N) is 1. The lowest BCUT2D eigenvalue weighted by atomic mass is 10.2. The molecule has 0 bridgehead atoms. The lowest BCUT2D eigenvalue weighted by Gasteiger charge is -2.06. The van der Waals surface area contributed by atoms with Gasteiger partial charge in [0.15, 0.2) is 0 Å². The van der Waals surface area contributed by atoms with Gasteiger partial charge in [-0.2, -0.15) is 0 Å². The minimum Gasteiger partial charge on any atom is -0.396 e. The van der Waals surface area contributed by atoms with Gasteiger partial charge in [-0.1, -0.05) is 29.8 Å². The molecule has 1 atom stereocenters. The van der Waals surface area contributed by atoms with Gasteiger partial charge in [-0.05, 0) is 25.1 Å². The molecule has 0 amide bonds. The summed E-state index contributed by atoms with van der Waals surface area (Å²) in [6.07, 6.45) is 0. The van der Waals surface area contributed by atoms with Gasteiger partial charge in [0, 0.05) is 10.5 Å². The molecule has 1 unspecified atom stereocenters. The normalized spacial score (nSPS) is 12.3. The number of rotatable bonds is 3. The highest BCUT2D eigenvalue weighted by molar-refractivity contribution is 7.84. The number of hydrogen-bond donors (Lipinski definition) is 1. The molecule has 94 valence electrons. The van der Waals surface area contributed by atoms with E-state index in [-0.39, 0.29) is 11.4 Å². The summed E-state index contributed by atoms with van der Waals surface area (Å²) in [5.41, 5.74) is 7.06. The van der Waals surface area contributed by atoms with Crippen LogP contribution in [0.1, 0.15) is 11.1 Å². The fourth-order valence-electron chi connectivity index (χ4n) is 1.63. The predicted octanol–water partition coefficient (Wildman–Crippen LogP) is 3.02. The van der Waals surface area contributed by atoms with Gasteiger partial charge in [-0.15, -0.1) is 0 Å². The maximum absolute atomic E-state index is 13.7. The minimum atomic E-state index is -1.26. The standard InChI is InChI=1S/C14H14FNOS/c1-10-5-7-12(8-6-10)18(17)9-11-3-2-4-13(16)14(11)15/h2-8H,9,16H2,1H3. The van der Waals surface area contributed by atoms with Crippen molar-refractivity contribution in [1.82, 2.24) is 0 Å². The molecule has 2 aromatic carbocycles. The molecule has 0 heterocycles. The van der Waals surface area contributed by atoms with Crippen molar-refractivity contribution in [3.05, 3.63) is 59.4 Å². The van der Waals surface area contributed by atoms with E-state index in [2.05, 4.69) is 0 Å². The van der Waals surface area contributed by atoms with Crippen LogP contribution in [0.25, 0.3) is 0 Å². The third kappa shape index (κ3) is 2.76. The van der Waals surface area contributed by atoms with E-state index in [0.29, 0.717) is 10.5 Å². The van der Waals surface area contributed by atoms with E-state index in [0.717, 1.165) is 5.56 Å². The first kappa shape index (κ1) is 12.8. The number of aryl methyl sites for hydroxylation is 1. The summed E-state index contributed by atoms with van der Waals surface area (Å²) in [4.78, 5) is 0.697. The van der Waals surface area contributed by atoms with Gasteiger partial charge in [0.1, 0.15) is 5.82 Å². The van der Waals surface area contributed by atoms with E-state index < -0.39 is 16.6 Å². The fraction of sp³-hybridized carbons (Fsp3) is 0.143. The molecular weight excluding hydrogens is 249 g/mol. The van der Waals surface area contributed by atoms with E-state index in [1.165, 1.54) is 6.07 Å². The second kappa shape index (κ2) is 5.31. The average Bonchev–Trinajstić information content (AvgIpc) is 2.36. The summed E-state index contributed by atoms with van der Waals surface area (Å²) in [5, 5.41) is 0. The summed E-state index contributed by atoms with van der Waals surface area (Å²) < 4.78 is 25.8. The number of nitrogen functional groups attached to an aromatic ring is 1. The lowest BCUT2D eigenvalue weighted by Crippen LogP contribution is -2.01. The summed E-state index contributed by atoms with van der Waals surface area (Å²) in [6.45, 7) is 1.96. The molecule has 0 aliphatic heterocycles. The van der Waals surface area contributed by atoms with Crippen molar-refractivity contribution >= 4 is 16.5 Å². The van der Waals surface area contributed by atoms with Crippen LogP contribution in [0.4, 0.5) is 10.1 Å². The third-order valence-corrected chi connectivity index (χ3v) is 4.05. The topological polar surface area (TPSA) is 43.1 Å². The van der Waals surface area contributed by atoms with Crippen LogP contribution in [0.5, 0.6) is 0 Å². The van der Waals surface area contributed by atoms with Crippen molar-refractivity contribution in [3.63, 3.8) is 0 Å². The van der Waals surface area contributed by atoms with Crippen LogP contribution in [-0.4, -0.2) is 4.21 Å². The van der Waals surface area contributed by atoms with Crippen molar-refractivity contribution in [1.29, 1.82) is 0 Å². The quantitative estimate of drug-likeness (QED) is 0.865. The Morgan fingerprint density at radius 1 is 1.17 bits per heavy atom. The largest absolute Gasteiger partial charge is 0.396 e. The Bertz CT molecular complexity index is 581. The summed E-state index contributed by atoms with van der Waals surface area (Å²) in [6, 6.07) is 12.2. The average molecular weight is 263 g/mol. The molecule has 4 heteroatoms. The van der Waals surface area contributed by atoms with Gasteiger partial charge in [0.25, 0.3) is 0 Å². The molecule has 2 N–H and O–H groups in total. The Balaban J connectivity index is 2.21. The second-order valence-corrected chi connectivity index (χ2v) is 5.57. The van der Waals surface area contributed by atoms with Gasteiger partial charge >= 0.3 is 0 Å². The van der Waals surface area contributed by atoms with Crippen LogP contribution < -0.4 is 5.73 Å². The van der Waals surface area contributed by atoms with Crippen molar-refractivity contribution in [2.45, 2.75) is 17.6 Å². The van der Waals surface area contributed by atoms with Gasteiger partial charge < -0.3 is 5.73 Å². The first-order chi connectivity index (χ1) is 8.58. The van der Waals surface area contributed by atoms with Crippen molar-refractivity contribution in [3.8, 4) is 0 Å². The highest BCUT2D eigenvalue weighted by Crippen LogP contribution is 2.19. The monoisotopic (exact) mass is 263 g/mol. The molecular formula is C14H14FNOS. The maximum atomic E-state index is 13.7. The van der Waals surface area contributed by atoms with Crippen LogP contribution in [0.3, 0.4) is 0 Å². The zero-order valence-electron chi connectivity index (χ0n) is 10.0. The molecule has 0 spiro atoms. The molecule has 18 heavy (non-hydrogen) atoms. The van der Waals surface area contributed by atoms with Gasteiger partial charge in [0.2, 0.25) is 0 Å². The molecule has 2 aromatic rings. The van der Waals surface area contributed by atoms with Crippen molar-refractivity contribution < 1.29 is 8.60 Å². The molecule has 0 aliphatic rings. The smallest absolute Gasteiger partial charge is 0.150 e. The number of benzene rings is 2. The van der Waals surface area contributed by atoms with Crippen LogP contribution in [0, 0.1) is 12.7 Å². The SMILES string of the molecule is Cc1ccc(S(=O)Cc2cccc(N)c2F)cc1. The summed E-state index contributed by atoms with van der Waals surface area (Å²) >= 11 is 0. The summed E-state index contributed by atoms with van der Waals surface area (Å²) in [7, 11) is -1.26. The van der Waals surface area contributed by atoms with Gasteiger partial charge in [-0.25, -0.2) is 4.39 Å². The first-order valence-corrected chi connectivity index (χ1v) is 6.87. The second-order valence-electron chi connectivity index (χ2n) is 4.12. The van der Waals surface area contributed by atoms with E-state index in [4.69, 9.17) is 5.73 Å². The molecule has 0 saturated carbocycles. The Labute approximate surface area is 108 Å². The minimum absolute atomic E-state index is 0.0911. The molecule has 0 aromatic heterocycles. The zero-order chi connectivity index (χ0) is 13.1. The lowest BCUT2D eigenvalue weighted by molar-refractivity contribution is 0.620. The fourth-order valence-corrected chi connectivity index (χ4v) is 2.74. The van der Waals surface area contributed by atoms with Crippen molar-refractivity contribution in [2.75, 3.05) is 5.73 Å². The highest BCUT2D eigenvalue weighted by Gasteiger charge is 2.10. The number of hydrogen-bond acceptors (Lipinski definition) is 2. The van der Waals surface area contributed by atoms with E-state index in [9.17, 15) is 8.60 Å². The first-order valence-electron chi connectivity index (χ1n) is 5.56. The summed E-state index contributed by atoms with van der Waals surface area (Å²) in [5.74, 6) is -0.335. The Morgan fingerprint density at radius 2 is 1.83 bits per heavy atom. The van der Waals surface area contributed by atoms with Gasteiger partial charge in [-0.3, -0.25) is 4.21 Å². The van der Waals surface area contributed by atoms with Crippen LogP contribution in [0.15, 0.2) is 47.4 Å². The number of halogens is 1. The zero-order valence-corrected chi connectivity index (χ0v) is 10.8. The van der Waals surface area contributed by atoms with Crippen LogP contribution in [0.2, 0.25) is 0 Å². The third-order valence-electron chi connectivity index (χ3n) is 2.68. The van der Waals surface area contributed by atoms with E-state index in [1.54, 1.807) is 24.3 Å². The van der Waals surface area contributed by atoms with E-state index in [1.807, 2.05) is 19.1 Å². The molecule has 2 rings (SSSR count). The van der Waals surface area contributed by atoms with E-state index >= 15 is 0 Å². The maximum Gasteiger partial charge on any atom is 0.150 e. The van der Waals surface area contributed by atoms with Crippen molar-refractivity contribution in [2.24, 2.45) is 0 Å². The Hall–Kier alpha value is -1.68. The highest BCUT2D eigenvalue weighted by atomic mass is 32.2. The molecule has 2 nitrogen and oxygen atoms in total. The van der Waals surface area contributed by atoms with Crippen LogP contribution in [-0.2, 0) is 16.6 Å². The Morgan fingerprint density at radius 3 is 2.50 bits per heavy atom. The Kier molecular flexibility index (Phi) is 3.77. The molecule has 0 radical (unpaired) electrons.